The SMILES string of the molecule is CCC(N)C(c1cccc(OC)c1)N1CCCN(C)CC1. The van der Waals surface area contributed by atoms with Crippen LogP contribution in [-0.4, -0.2) is 56.2 Å². The number of likely N-dealkylation sites (N-methyl/N-ethyl adjacent to an activating group) is 1. The molecule has 1 aromatic rings. The maximum Gasteiger partial charge on any atom is 0.119 e. The Balaban J connectivity index is 2.24. The van der Waals surface area contributed by atoms with E-state index in [9.17, 15) is 0 Å². The van der Waals surface area contributed by atoms with Gasteiger partial charge in [-0.25, -0.2) is 0 Å². The zero-order chi connectivity index (χ0) is 15.2. The van der Waals surface area contributed by atoms with Gasteiger partial charge in [0.2, 0.25) is 0 Å². The van der Waals surface area contributed by atoms with Gasteiger partial charge in [0.15, 0.2) is 0 Å². The maximum atomic E-state index is 6.46. The second-order valence-corrected chi connectivity index (χ2v) is 5.99. The molecule has 4 heteroatoms. The lowest BCUT2D eigenvalue weighted by atomic mass is 9.96. The minimum atomic E-state index is 0.153. The molecule has 0 aliphatic carbocycles. The first kappa shape index (κ1) is 16.3. The highest BCUT2D eigenvalue weighted by atomic mass is 16.5. The molecule has 0 bridgehead atoms. The molecule has 2 atom stereocenters. The predicted octanol–water partition coefficient (Wildman–Crippen LogP) is 2.11. The van der Waals surface area contributed by atoms with Gasteiger partial charge in [-0.1, -0.05) is 19.1 Å². The Morgan fingerprint density at radius 3 is 2.76 bits per heavy atom. The van der Waals surface area contributed by atoms with E-state index in [0.717, 1.165) is 31.8 Å². The van der Waals surface area contributed by atoms with E-state index in [0.29, 0.717) is 0 Å². The molecule has 0 radical (unpaired) electrons. The number of rotatable bonds is 5. The minimum absolute atomic E-state index is 0.153. The maximum absolute atomic E-state index is 6.46. The van der Waals surface area contributed by atoms with Crippen LogP contribution in [0.1, 0.15) is 31.4 Å². The Labute approximate surface area is 128 Å². The number of hydrogen-bond acceptors (Lipinski definition) is 4. The van der Waals surface area contributed by atoms with E-state index in [1.54, 1.807) is 7.11 Å². The molecule has 1 heterocycles. The zero-order valence-electron chi connectivity index (χ0n) is 13.6. The summed E-state index contributed by atoms with van der Waals surface area (Å²) in [6.07, 6.45) is 2.18. The Kier molecular flexibility index (Phi) is 6.03. The molecule has 21 heavy (non-hydrogen) atoms. The van der Waals surface area contributed by atoms with Crippen molar-refractivity contribution in [3.05, 3.63) is 29.8 Å². The van der Waals surface area contributed by atoms with Crippen molar-refractivity contribution in [3.8, 4) is 5.75 Å². The molecule has 2 N–H and O–H groups in total. The van der Waals surface area contributed by atoms with Gasteiger partial charge >= 0.3 is 0 Å². The number of ether oxygens (including phenoxy) is 1. The average molecular weight is 291 g/mol. The van der Waals surface area contributed by atoms with Crippen LogP contribution in [-0.2, 0) is 0 Å². The first-order valence-corrected chi connectivity index (χ1v) is 7.97. The summed E-state index contributed by atoms with van der Waals surface area (Å²) in [5.74, 6) is 0.910. The van der Waals surface area contributed by atoms with Crippen LogP contribution in [0.25, 0.3) is 0 Å². The Bertz CT molecular complexity index is 438. The summed E-state index contributed by atoms with van der Waals surface area (Å²) in [6, 6.07) is 8.80. The largest absolute Gasteiger partial charge is 0.497 e. The summed E-state index contributed by atoms with van der Waals surface area (Å²) < 4.78 is 5.38. The van der Waals surface area contributed by atoms with E-state index in [1.807, 2.05) is 6.07 Å². The van der Waals surface area contributed by atoms with Gasteiger partial charge in [-0.15, -0.1) is 0 Å². The molecule has 2 rings (SSSR count). The molecule has 0 amide bonds. The Morgan fingerprint density at radius 2 is 2.05 bits per heavy atom. The molecule has 1 aromatic carbocycles. The fourth-order valence-electron chi connectivity index (χ4n) is 3.12. The molecule has 0 saturated carbocycles. The third-order valence-corrected chi connectivity index (χ3v) is 4.46. The molecule has 118 valence electrons. The highest BCUT2D eigenvalue weighted by Crippen LogP contribution is 2.28. The second-order valence-electron chi connectivity index (χ2n) is 5.99. The van der Waals surface area contributed by atoms with Gasteiger partial charge in [0.1, 0.15) is 5.75 Å². The topological polar surface area (TPSA) is 41.7 Å². The zero-order valence-corrected chi connectivity index (χ0v) is 13.6. The third kappa shape index (κ3) is 4.19. The summed E-state index contributed by atoms with van der Waals surface area (Å²) in [7, 11) is 3.92. The molecular formula is C17H29N3O. The van der Waals surface area contributed by atoms with Crippen LogP contribution in [0.2, 0.25) is 0 Å². The molecule has 2 unspecified atom stereocenters. The van der Waals surface area contributed by atoms with Crippen LogP contribution in [0.5, 0.6) is 5.75 Å². The van der Waals surface area contributed by atoms with E-state index in [2.05, 4.69) is 42.0 Å². The van der Waals surface area contributed by atoms with Gasteiger partial charge in [0.05, 0.1) is 13.2 Å². The van der Waals surface area contributed by atoms with Gasteiger partial charge in [-0.3, -0.25) is 4.90 Å². The van der Waals surface area contributed by atoms with Gasteiger partial charge in [0, 0.05) is 25.7 Å². The van der Waals surface area contributed by atoms with E-state index < -0.39 is 0 Å². The molecule has 1 aliphatic heterocycles. The van der Waals surface area contributed by atoms with Crippen molar-refractivity contribution in [2.24, 2.45) is 5.73 Å². The first-order valence-electron chi connectivity index (χ1n) is 7.97. The van der Waals surface area contributed by atoms with E-state index in [-0.39, 0.29) is 12.1 Å². The molecule has 1 saturated heterocycles. The molecule has 0 aromatic heterocycles. The predicted molar refractivity (Wildman–Crippen MR) is 87.7 cm³/mol. The number of hydrogen-bond donors (Lipinski definition) is 1. The van der Waals surface area contributed by atoms with Crippen molar-refractivity contribution < 1.29 is 4.74 Å². The van der Waals surface area contributed by atoms with Crippen LogP contribution in [0.15, 0.2) is 24.3 Å². The Hall–Kier alpha value is -1.10. The van der Waals surface area contributed by atoms with Crippen molar-refractivity contribution in [1.82, 2.24) is 9.80 Å². The van der Waals surface area contributed by atoms with Crippen LogP contribution < -0.4 is 10.5 Å². The highest BCUT2D eigenvalue weighted by molar-refractivity contribution is 5.31. The first-order chi connectivity index (χ1) is 10.2. The minimum Gasteiger partial charge on any atom is -0.497 e. The molecule has 4 nitrogen and oxygen atoms in total. The summed E-state index contributed by atoms with van der Waals surface area (Å²) in [5.41, 5.74) is 7.73. The average Bonchev–Trinajstić information content (AvgIpc) is 2.72. The smallest absolute Gasteiger partial charge is 0.119 e. The van der Waals surface area contributed by atoms with Crippen molar-refractivity contribution in [1.29, 1.82) is 0 Å². The lowest BCUT2D eigenvalue weighted by Crippen LogP contribution is -2.42. The van der Waals surface area contributed by atoms with Crippen LogP contribution >= 0.6 is 0 Å². The normalized spacial score (nSPS) is 20.8. The fraction of sp³-hybridized carbons (Fsp3) is 0.647. The lowest BCUT2D eigenvalue weighted by molar-refractivity contribution is 0.174. The number of nitrogens with two attached hydrogens (primary N) is 1. The van der Waals surface area contributed by atoms with E-state index in [4.69, 9.17) is 10.5 Å². The van der Waals surface area contributed by atoms with Crippen molar-refractivity contribution >= 4 is 0 Å². The van der Waals surface area contributed by atoms with Gasteiger partial charge in [-0.05, 0) is 44.1 Å². The van der Waals surface area contributed by atoms with Crippen molar-refractivity contribution in [3.63, 3.8) is 0 Å². The van der Waals surface area contributed by atoms with Crippen molar-refractivity contribution in [2.45, 2.75) is 31.8 Å². The monoisotopic (exact) mass is 291 g/mol. The Morgan fingerprint density at radius 1 is 1.24 bits per heavy atom. The van der Waals surface area contributed by atoms with E-state index >= 15 is 0 Å². The van der Waals surface area contributed by atoms with Crippen molar-refractivity contribution in [2.75, 3.05) is 40.3 Å². The van der Waals surface area contributed by atoms with Crippen LogP contribution in [0.3, 0.4) is 0 Å². The number of methoxy groups -OCH3 is 1. The highest BCUT2D eigenvalue weighted by Gasteiger charge is 2.27. The molecule has 1 fully saturated rings. The summed E-state index contributed by atoms with van der Waals surface area (Å²) in [6.45, 7) is 6.63. The van der Waals surface area contributed by atoms with Crippen LogP contribution in [0.4, 0.5) is 0 Å². The number of benzene rings is 1. The standard InChI is InChI=1S/C17H29N3O/c1-4-16(18)17(14-7-5-8-15(13-14)21-3)20-10-6-9-19(2)11-12-20/h5,7-8,13,16-17H,4,6,9-12,18H2,1-3H3. The summed E-state index contributed by atoms with van der Waals surface area (Å²) in [5, 5.41) is 0. The lowest BCUT2D eigenvalue weighted by Gasteiger charge is -2.35. The molecule has 0 spiro atoms. The summed E-state index contributed by atoms with van der Waals surface area (Å²) in [4.78, 5) is 4.95. The molecule has 1 aliphatic rings. The van der Waals surface area contributed by atoms with Gasteiger partial charge < -0.3 is 15.4 Å². The summed E-state index contributed by atoms with van der Waals surface area (Å²) >= 11 is 0. The van der Waals surface area contributed by atoms with Gasteiger partial charge in [-0.2, -0.15) is 0 Å². The third-order valence-electron chi connectivity index (χ3n) is 4.46. The second kappa shape index (κ2) is 7.78. The molecular weight excluding hydrogens is 262 g/mol. The fourth-order valence-corrected chi connectivity index (χ4v) is 3.12. The van der Waals surface area contributed by atoms with Gasteiger partial charge in [0.25, 0.3) is 0 Å². The van der Waals surface area contributed by atoms with E-state index in [1.165, 1.54) is 18.5 Å². The number of nitrogens with zero attached hydrogens (tertiary/aromatic N) is 2. The van der Waals surface area contributed by atoms with Crippen LogP contribution in [0, 0.1) is 0 Å². The quantitative estimate of drug-likeness (QED) is 0.902.